The summed E-state index contributed by atoms with van der Waals surface area (Å²) in [4.78, 5) is 14.2. The van der Waals surface area contributed by atoms with Gasteiger partial charge in [0.15, 0.2) is 0 Å². The van der Waals surface area contributed by atoms with Crippen molar-refractivity contribution in [3.63, 3.8) is 0 Å². The molecule has 1 amide bonds. The Kier molecular flexibility index (Phi) is 6.50. The van der Waals surface area contributed by atoms with E-state index in [1.807, 2.05) is 32.2 Å². The Labute approximate surface area is 120 Å². The maximum Gasteiger partial charge on any atom is 0.222 e. The van der Waals surface area contributed by atoms with Crippen molar-refractivity contribution in [2.24, 2.45) is 5.73 Å². The third-order valence-corrected chi connectivity index (χ3v) is 3.42. The SMILES string of the molecule is CC(CC(N)=S)N(C)C(=O)CCCc1ccccc1. The van der Waals surface area contributed by atoms with Crippen LogP contribution < -0.4 is 5.73 Å². The highest BCUT2D eigenvalue weighted by Gasteiger charge is 2.15. The van der Waals surface area contributed by atoms with Gasteiger partial charge in [-0.05, 0) is 25.3 Å². The third-order valence-electron chi connectivity index (χ3n) is 3.25. The molecule has 0 fully saturated rings. The van der Waals surface area contributed by atoms with E-state index >= 15 is 0 Å². The van der Waals surface area contributed by atoms with E-state index in [-0.39, 0.29) is 11.9 Å². The van der Waals surface area contributed by atoms with Crippen LogP contribution in [0.1, 0.15) is 31.7 Å². The molecule has 0 heterocycles. The molecule has 1 unspecified atom stereocenters. The molecule has 0 bridgehead atoms. The van der Waals surface area contributed by atoms with Crippen LogP contribution in [0.25, 0.3) is 0 Å². The number of aryl methyl sites for hydroxylation is 1. The quantitative estimate of drug-likeness (QED) is 0.780. The first-order valence-corrected chi connectivity index (χ1v) is 6.99. The zero-order valence-corrected chi connectivity index (χ0v) is 12.5. The molecule has 0 saturated carbocycles. The van der Waals surface area contributed by atoms with Crippen LogP contribution in [0.3, 0.4) is 0 Å². The smallest absolute Gasteiger partial charge is 0.222 e. The van der Waals surface area contributed by atoms with Crippen LogP contribution in [-0.2, 0) is 11.2 Å². The van der Waals surface area contributed by atoms with E-state index in [9.17, 15) is 4.79 Å². The summed E-state index contributed by atoms with van der Waals surface area (Å²) in [5.74, 6) is 0.152. The van der Waals surface area contributed by atoms with Gasteiger partial charge in [-0.15, -0.1) is 0 Å². The summed E-state index contributed by atoms with van der Waals surface area (Å²) in [6, 6.07) is 10.3. The first-order valence-electron chi connectivity index (χ1n) is 6.58. The Hall–Kier alpha value is -1.42. The highest BCUT2D eigenvalue weighted by molar-refractivity contribution is 7.80. The van der Waals surface area contributed by atoms with E-state index in [1.165, 1.54) is 5.56 Å². The molecule has 0 aliphatic carbocycles. The molecular weight excluding hydrogens is 256 g/mol. The van der Waals surface area contributed by atoms with Crippen LogP contribution >= 0.6 is 12.2 Å². The van der Waals surface area contributed by atoms with Gasteiger partial charge >= 0.3 is 0 Å². The van der Waals surface area contributed by atoms with Gasteiger partial charge in [-0.25, -0.2) is 0 Å². The molecular formula is C15H22N2OS. The minimum Gasteiger partial charge on any atom is -0.393 e. The van der Waals surface area contributed by atoms with E-state index in [4.69, 9.17) is 18.0 Å². The molecule has 1 aromatic carbocycles. The van der Waals surface area contributed by atoms with Crippen molar-refractivity contribution in [3.05, 3.63) is 35.9 Å². The standard InChI is InChI=1S/C15H22N2OS/c1-12(11-14(16)19)17(2)15(18)10-6-9-13-7-4-3-5-8-13/h3-5,7-8,12H,6,9-11H2,1-2H3,(H2,16,19). The lowest BCUT2D eigenvalue weighted by Gasteiger charge is -2.24. The van der Waals surface area contributed by atoms with Crippen molar-refractivity contribution >= 4 is 23.1 Å². The first-order chi connectivity index (χ1) is 9.00. The number of rotatable bonds is 7. The molecule has 1 aromatic rings. The van der Waals surface area contributed by atoms with Crippen LogP contribution in [0, 0.1) is 0 Å². The topological polar surface area (TPSA) is 46.3 Å². The van der Waals surface area contributed by atoms with Crippen molar-refractivity contribution in [3.8, 4) is 0 Å². The summed E-state index contributed by atoms with van der Waals surface area (Å²) in [7, 11) is 1.81. The van der Waals surface area contributed by atoms with E-state index in [2.05, 4.69) is 12.1 Å². The van der Waals surface area contributed by atoms with E-state index < -0.39 is 0 Å². The van der Waals surface area contributed by atoms with Crippen molar-refractivity contribution in [1.82, 2.24) is 4.90 Å². The number of nitrogens with two attached hydrogens (primary N) is 1. The van der Waals surface area contributed by atoms with Gasteiger partial charge < -0.3 is 10.6 Å². The lowest BCUT2D eigenvalue weighted by Crippen LogP contribution is -2.37. The highest BCUT2D eigenvalue weighted by atomic mass is 32.1. The van der Waals surface area contributed by atoms with Crippen molar-refractivity contribution in [2.75, 3.05) is 7.05 Å². The number of benzene rings is 1. The molecule has 19 heavy (non-hydrogen) atoms. The molecule has 0 aliphatic heterocycles. The maximum atomic E-state index is 12.0. The summed E-state index contributed by atoms with van der Waals surface area (Å²) in [6.45, 7) is 1.97. The highest BCUT2D eigenvalue weighted by Crippen LogP contribution is 2.08. The monoisotopic (exact) mass is 278 g/mol. The Balaban J connectivity index is 2.32. The van der Waals surface area contributed by atoms with Crippen molar-refractivity contribution in [2.45, 2.75) is 38.6 Å². The number of nitrogens with zero attached hydrogens (tertiary/aromatic N) is 1. The number of thiocarbonyl (C=S) groups is 1. The summed E-state index contributed by atoms with van der Waals surface area (Å²) < 4.78 is 0. The summed E-state index contributed by atoms with van der Waals surface area (Å²) in [5.41, 5.74) is 6.77. The predicted octanol–water partition coefficient (Wildman–Crippen LogP) is 2.53. The van der Waals surface area contributed by atoms with Gasteiger partial charge in [-0.1, -0.05) is 42.5 Å². The van der Waals surface area contributed by atoms with Crippen molar-refractivity contribution < 1.29 is 4.79 Å². The fourth-order valence-electron chi connectivity index (χ4n) is 1.94. The largest absolute Gasteiger partial charge is 0.393 e. The minimum absolute atomic E-state index is 0.0710. The molecule has 1 atom stereocenters. The van der Waals surface area contributed by atoms with Gasteiger partial charge in [0, 0.05) is 25.9 Å². The zero-order valence-electron chi connectivity index (χ0n) is 11.6. The van der Waals surface area contributed by atoms with Gasteiger partial charge in [0.25, 0.3) is 0 Å². The third kappa shape index (κ3) is 5.83. The molecule has 104 valence electrons. The number of carbonyl (C=O) groups is 1. The molecule has 3 nitrogen and oxygen atoms in total. The number of amides is 1. The Morgan fingerprint density at radius 2 is 2.00 bits per heavy atom. The minimum atomic E-state index is 0.0710. The van der Waals surface area contributed by atoms with Gasteiger partial charge in [0.1, 0.15) is 0 Å². The van der Waals surface area contributed by atoms with Crippen LogP contribution in [0.2, 0.25) is 0 Å². The Bertz CT molecular complexity index is 419. The van der Waals surface area contributed by atoms with E-state index in [0.717, 1.165) is 12.8 Å². The lowest BCUT2D eigenvalue weighted by molar-refractivity contribution is -0.131. The molecule has 4 heteroatoms. The fourth-order valence-corrected chi connectivity index (χ4v) is 2.18. The second kappa shape index (κ2) is 7.89. The lowest BCUT2D eigenvalue weighted by atomic mass is 10.1. The number of carbonyl (C=O) groups excluding carboxylic acids is 1. The average Bonchev–Trinajstić information content (AvgIpc) is 2.38. The second-order valence-electron chi connectivity index (χ2n) is 4.86. The fraction of sp³-hybridized carbons (Fsp3) is 0.467. The molecule has 0 aliphatic rings. The van der Waals surface area contributed by atoms with Gasteiger partial charge in [-0.3, -0.25) is 4.79 Å². The zero-order chi connectivity index (χ0) is 14.3. The summed E-state index contributed by atoms with van der Waals surface area (Å²) >= 11 is 4.87. The van der Waals surface area contributed by atoms with Crippen LogP contribution in [0.5, 0.6) is 0 Å². The summed E-state index contributed by atoms with van der Waals surface area (Å²) in [6.07, 6.45) is 2.94. The number of hydrogen-bond acceptors (Lipinski definition) is 2. The van der Waals surface area contributed by atoms with Crippen LogP contribution in [-0.4, -0.2) is 28.9 Å². The molecule has 0 radical (unpaired) electrons. The molecule has 0 spiro atoms. The Morgan fingerprint density at radius 1 is 1.37 bits per heavy atom. The first kappa shape index (κ1) is 15.6. The predicted molar refractivity (Wildman–Crippen MR) is 83.0 cm³/mol. The molecule has 1 rings (SSSR count). The van der Waals surface area contributed by atoms with Gasteiger partial charge in [0.2, 0.25) is 5.91 Å². The Morgan fingerprint density at radius 3 is 2.58 bits per heavy atom. The van der Waals surface area contributed by atoms with Gasteiger partial charge in [0.05, 0.1) is 4.99 Å². The maximum absolute atomic E-state index is 12.0. The van der Waals surface area contributed by atoms with E-state index in [0.29, 0.717) is 17.8 Å². The normalized spacial score (nSPS) is 11.9. The molecule has 2 N–H and O–H groups in total. The summed E-state index contributed by atoms with van der Waals surface area (Å²) in [5, 5.41) is 0. The molecule has 0 saturated heterocycles. The molecule has 0 aromatic heterocycles. The van der Waals surface area contributed by atoms with E-state index in [1.54, 1.807) is 4.90 Å². The average molecular weight is 278 g/mol. The van der Waals surface area contributed by atoms with Gasteiger partial charge in [-0.2, -0.15) is 0 Å². The van der Waals surface area contributed by atoms with Crippen LogP contribution in [0.15, 0.2) is 30.3 Å². The second-order valence-corrected chi connectivity index (χ2v) is 5.39. The number of hydrogen-bond donors (Lipinski definition) is 1. The van der Waals surface area contributed by atoms with Crippen molar-refractivity contribution in [1.29, 1.82) is 0 Å². The van der Waals surface area contributed by atoms with Crippen LogP contribution in [0.4, 0.5) is 0 Å².